The van der Waals surface area contributed by atoms with Crippen LogP contribution in [0.5, 0.6) is 11.5 Å². The van der Waals surface area contributed by atoms with Gasteiger partial charge in [0, 0.05) is 3.58 Å². The zero-order chi connectivity index (χ0) is 18.8. The summed E-state index contributed by atoms with van der Waals surface area (Å²) in [6.07, 6.45) is 3.88. The number of carbonyl (C=O) groups excluding carboxylic acids is 2. The van der Waals surface area contributed by atoms with Gasteiger partial charge in [0.25, 0.3) is 0 Å². The number of hydrogen-bond acceptors (Lipinski definition) is 5. The van der Waals surface area contributed by atoms with Crippen LogP contribution in [0.4, 0.5) is 0 Å². The molecule has 0 aromatic heterocycles. The molecule has 2 aliphatic rings. The highest BCUT2D eigenvalue weighted by Crippen LogP contribution is 2.39. The summed E-state index contributed by atoms with van der Waals surface area (Å²) in [7, 11) is 0. The molecule has 2 heterocycles. The second-order valence-electron chi connectivity index (χ2n) is 5.92. The van der Waals surface area contributed by atoms with Crippen molar-refractivity contribution in [2.45, 2.75) is 12.2 Å². The Morgan fingerprint density at radius 2 is 1.89 bits per heavy atom. The fourth-order valence-corrected chi connectivity index (χ4v) is 5.00. The standard InChI is InChI=1S/C21H15IO5/c23-15-10-6-11-16-17(15)18(24)20(19(26-16)14-9-4-5-12-22-14)27-21(25)13-7-2-1-3-8-13/h1-12,19-20,23H. The average molecular weight is 474 g/mol. The predicted molar refractivity (Wildman–Crippen MR) is 110 cm³/mol. The fraction of sp³-hybridized carbons (Fsp3) is 0.0952. The molecule has 2 aromatic carbocycles. The number of benzene rings is 2. The first kappa shape index (κ1) is 17.7. The lowest BCUT2D eigenvalue weighted by Gasteiger charge is -2.33. The number of carbonyl (C=O) groups is 2. The van der Waals surface area contributed by atoms with Crippen LogP contribution >= 0.6 is 20.7 Å². The number of aromatic hydroxyl groups is 1. The van der Waals surface area contributed by atoms with E-state index < -0.39 is 44.7 Å². The first-order chi connectivity index (χ1) is 13.1. The lowest BCUT2D eigenvalue weighted by Crippen LogP contribution is -2.45. The summed E-state index contributed by atoms with van der Waals surface area (Å²) in [6.45, 7) is 0. The minimum Gasteiger partial charge on any atom is -0.507 e. The Kier molecular flexibility index (Phi) is 4.89. The van der Waals surface area contributed by atoms with E-state index >= 15 is 0 Å². The molecule has 6 heteroatoms. The van der Waals surface area contributed by atoms with Crippen LogP contribution in [0, 0.1) is 0 Å². The Bertz CT molecular complexity index is 991. The molecule has 0 spiro atoms. The lowest BCUT2D eigenvalue weighted by atomic mass is 9.96. The molecule has 2 aliphatic heterocycles. The molecule has 0 aliphatic carbocycles. The molecular formula is C21H15IO5. The van der Waals surface area contributed by atoms with E-state index in [1.807, 2.05) is 18.2 Å². The Morgan fingerprint density at radius 1 is 1.07 bits per heavy atom. The maximum Gasteiger partial charge on any atom is 0.339 e. The second-order valence-corrected chi connectivity index (χ2v) is 8.50. The summed E-state index contributed by atoms with van der Waals surface area (Å²) in [5.41, 5.74) is 0.402. The van der Waals surface area contributed by atoms with Gasteiger partial charge in [0.05, 0.1) is 5.56 Å². The van der Waals surface area contributed by atoms with Crippen molar-refractivity contribution in [1.82, 2.24) is 0 Å². The summed E-state index contributed by atoms with van der Waals surface area (Å²) >= 11 is -0.484. The molecule has 0 bridgehead atoms. The largest absolute Gasteiger partial charge is 0.507 e. The smallest absolute Gasteiger partial charge is 0.339 e. The molecule has 0 saturated heterocycles. The van der Waals surface area contributed by atoms with Crippen molar-refractivity contribution in [3.63, 3.8) is 0 Å². The summed E-state index contributed by atoms with van der Waals surface area (Å²) in [5.74, 6) is -0.939. The molecule has 4 rings (SSSR count). The zero-order valence-electron chi connectivity index (χ0n) is 14.0. The van der Waals surface area contributed by atoms with Gasteiger partial charge >= 0.3 is 5.97 Å². The topological polar surface area (TPSA) is 72.8 Å². The van der Waals surface area contributed by atoms with E-state index in [1.165, 1.54) is 6.07 Å². The van der Waals surface area contributed by atoms with Crippen LogP contribution in [0.2, 0.25) is 0 Å². The molecule has 5 nitrogen and oxygen atoms in total. The molecule has 2 atom stereocenters. The predicted octanol–water partition coefficient (Wildman–Crippen LogP) is 3.79. The minimum absolute atomic E-state index is 0.0498. The Morgan fingerprint density at radius 3 is 2.63 bits per heavy atom. The number of halogens is 1. The van der Waals surface area contributed by atoms with Crippen LogP contribution in [0.1, 0.15) is 20.7 Å². The molecule has 0 amide bonds. The van der Waals surface area contributed by atoms with Gasteiger partial charge in [-0.3, -0.25) is 4.79 Å². The van der Waals surface area contributed by atoms with Gasteiger partial charge in [-0.1, -0.05) is 57.1 Å². The molecular weight excluding hydrogens is 459 g/mol. The van der Waals surface area contributed by atoms with Crippen molar-refractivity contribution in [1.29, 1.82) is 0 Å². The first-order valence-electron chi connectivity index (χ1n) is 8.27. The monoisotopic (exact) mass is 474 g/mol. The number of hydrogen-bond donors (Lipinski definition) is 1. The van der Waals surface area contributed by atoms with E-state index in [0.717, 1.165) is 3.58 Å². The van der Waals surface area contributed by atoms with Gasteiger partial charge < -0.3 is 14.6 Å². The molecule has 2 unspecified atom stereocenters. The molecule has 1 N–H and O–H groups in total. The number of phenols is 1. The molecule has 2 aromatic rings. The highest BCUT2D eigenvalue weighted by Gasteiger charge is 2.43. The van der Waals surface area contributed by atoms with E-state index in [2.05, 4.69) is 4.01 Å². The van der Waals surface area contributed by atoms with Crippen molar-refractivity contribution < 1.29 is 24.2 Å². The van der Waals surface area contributed by atoms with Crippen LogP contribution in [0.25, 0.3) is 0 Å². The minimum atomic E-state index is -1.15. The van der Waals surface area contributed by atoms with Gasteiger partial charge in [-0.25, -0.2) is 4.79 Å². The normalized spacial score (nSPS) is 20.7. The molecule has 0 fully saturated rings. The number of fused-ring (bicyclic) bond motifs is 1. The molecule has 27 heavy (non-hydrogen) atoms. The highest BCUT2D eigenvalue weighted by atomic mass is 127. The van der Waals surface area contributed by atoms with Gasteiger partial charge in [0.1, 0.15) is 17.1 Å². The van der Waals surface area contributed by atoms with Crippen LogP contribution < -0.4 is 4.74 Å². The maximum atomic E-state index is 13.1. The quantitative estimate of drug-likeness (QED) is 0.542. The molecule has 136 valence electrons. The lowest BCUT2D eigenvalue weighted by molar-refractivity contribution is 0.000969. The van der Waals surface area contributed by atoms with Crippen molar-refractivity contribution in [2.24, 2.45) is 0 Å². The summed E-state index contributed by atoms with van der Waals surface area (Å²) in [4.78, 5) is 25.7. The van der Waals surface area contributed by atoms with Crippen LogP contribution in [0.15, 0.2) is 70.3 Å². The Hall–Kier alpha value is -2.74. The maximum absolute atomic E-state index is 13.1. The molecule has 0 saturated carbocycles. The zero-order valence-corrected chi connectivity index (χ0v) is 16.2. The number of ketones is 1. The van der Waals surface area contributed by atoms with Crippen LogP contribution in [-0.4, -0.2) is 33.1 Å². The third-order valence-electron chi connectivity index (χ3n) is 4.18. The van der Waals surface area contributed by atoms with Gasteiger partial charge in [-0.2, -0.15) is 0 Å². The average Bonchev–Trinajstić information content (AvgIpc) is 2.71. The fourth-order valence-electron chi connectivity index (χ4n) is 2.91. The Balaban J connectivity index is 1.73. The van der Waals surface area contributed by atoms with E-state index in [-0.39, 0.29) is 11.3 Å². The van der Waals surface area contributed by atoms with Gasteiger partial charge in [-0.05, 0) is 34.4 Å². The van der Waals surface area contributed by atoms with E-state index in [1.54, 1.807) is 42.5 Å². The Labute approximate surface area is 165 Å². The number of esters is 1. The number of Topliss-reactive ketones (excluding diaryl/α,β-unsaturated/α-hetero) is 1. The van der Waals surface area contributed by atoms with E-state index in [9.17, 15) is 14.7 Å². The van der Waals surface area contributed by atoms with Crippen LogP contribution in [0.3, 0.4) is 0 Å². The van der Waals surface area contributed by atoms with E-state index in [0.29, 0.717) is 11.3 Å². The van der Waals surface area contributed by atoms with Gasteiger partial charge in [-0.15, -0.1) is 0 Å². The van der Waals surface area contributed by atoms with Crippen molar-refractivity contribution >= 4 is 36.5 Å². The van der Waals surface area contributed by atoms with Crippen molar-refractivity contribution in [3.8, 4) is 11.5 Å². The molecule has 0 radical (unpaired) electrons. The third-order valence-corrected chi connectivity index (χ3v) is 6.65. The highest BCUT2D eigenvalue weighted by molar-refractivity contribution is 14.2. The number of allylic oxidation sites excluding steroid dienone is 3. The summed E-state index contributed by atoms with van der Waals surface area (Å²) < 4.78 is 14.6. The van der Waals surface area contributed by atoms with Gasteiger partial charge in [0.2, 0.25) is 11.9 Å². The number of rotatable bonds is 3. The number of phenolic OH excluding ortho intramolecular Hbond substituents is 1. The SMILES string of the molecule is O=C(OC1C(=O)c2c(O)cccc2OC1C1=CC=CC=I1)c1ccccc1. The third kappa shape index (κ3) is 3.44. The summed E-state index contributed by atoms with van der Waals surface area (Å²) in [6, 6.07) is 13.2. The second kappa shape index (κ2) is 7.48. The first-order valence-corrected chi connectivity index (χ1v) is 10.6. The van der Waals surface area contributed by atoms with Crippen LogP contribution in [-0.2, 0) is 4.74 Å². The number of ether oxygens (including phenoxy) is 2. The van der Waals surface area contributed by atoms with Crippen molar-refractivity contribution in [3.05, 3.63) is 81.5 Å². The van der Waals surface area contributed by atoms with Gasteiger partial charge in [0.15, 0.2) is 6.10 Å². The van der Waals surface area contributed by atoms with Crippen molar-refractivity contribution in [2.75, 3.05) is 0 Å². The summed E-state index contributed by atoms with van der Waals surface area (Å²) in [5, 5.41) is 10.1. The van der Waals surface area contributed by atoms with E-state index in [4.69, 9.17) is 9.47 Å².